The Labute approximate surface area is 128 Å². The maximum Gasteiger partial charge on any atom is 0.284 e. The van der Waals surface area contributed by atoms with Gasteiger partial charge in [-0.05, 0) is 39.8 Å². The first-order valence-electron chi connectivity index (χ1n) is 6.63. The normalized spacial score (nSPS) is 17.1. The van der Waals surface area contributed by atoms with E-state index in [4.69, 9.17) is 0 Å². The van der Waals surface area contributed by atoms with Crippen LogP contribution < -0.4 is 4.72 Å². The van der Waals surface area contributed by atoms with E-state index in [9.17, 15) is 18.5 Å². The molecule has 0 radical (unpaired) electrons. The monoisotopic (exact) mass is 333 g/mol. The van der Waals surface area contributed by atoms with Gasteiger partial charge in [0.15, 0.2) is 0 Å². The Hall–Kier alpha value is -1.03. The molecule has 1 aliphatic carbocycles. The van der Waals surface area contributed by atoms with Gasteiger partial charge in [0.25, 0.3) is 5.69 Å². The average Bonchev–Trinajstić information content (AvgIpc) is 3.10. The number of nitrogens with one attached hydrogen (secondary N) is 1. The van der Waals surface area contributed by atoms with Crippen LogP contribution in [-0.2, 0) is 10.0 Å². The second-order valence-corrected chi connectivity index (χ2v) is 8.73. The van der Waals surface area contributed by atoms with Gasteiger partial charge >= 0.3 is 0 Å². The fourth-order valence-corrected chi connectivity index (χ4v) is 4.78. The summed E-state index contributed by atoms with van der Waals surface area (Å²) in [4.78, 5) is 12.7. The molecule has 1 saturated carbocycles. The standard InChI is InChI=1S/C12H19N3O4S2/c1-8-10(15(16)17)6-12(20-8)21(18,19)13-7-11(14(2)3)9-4-5-9/h6,9,11,13H,4-5,7H2,1-3H3/t11-/m1/s1. The van der Waals surface area contributed by atoms with Crippen LogP contribution in [0.4, 0.5) is 5.69 Å². The van der Waals surface area contributed by atoms with Gasteiger partial charge in [-0.15, -0.1) is 11.3 Å². The number of hydrogen-bond donors (Lipinski definition) is 1. The zero-order chi connectivity index (χ0) is 15.8. The predicted octanol–water partition coefficient (Wildman–Crippen LogP) is 1.58. The summed E-state index contributed by atoms with van der Waals surface area (Å²) < 4.78 is 27.1. The lowest BCUT2D eigenvalue weighted by molar-refractivity contribution is -0.385. The van der Waals surface area contributed by atoms with E-state index in [2.05, 4.69) is 4.72 Å². The lowest BCUT2D eigenvalue weighted by atomic mass is 10.2. The molecule has 0 aliphatic heterocycles. The minimum absolute atomic E-state index is 0.00000283. The van der Waals surface area contributed by atoms with E-state index < -0.39 is 14.9 Å². The summed E-state index contributed by atoms with van der Waals surface area (Å²) in [6.07, 6.45) is 2.24. The first-order chi connectivity index (χ1) is 9.72. The van der Waals surface area contributed by atoms with Crippen LogP contribution in [0.2, 0.25) is 0 Å². The molecule has 0 unspecified atom stereocenters. The summed E-state index contributed by atoms with van der Waals surface area (Å²) in [7, 11) is 0.164. The highest BCUT2D eigenvalue weighted by Crippen LogP contribution is 2.35. The number of sulfonamides is 1. The molecule has 1 atom stereocenters. The van der Waals surface area contributed by atoms with E-state index in [1.54, 1.807) is 6.92 Å². The number of nitrogens with zero attached hydrogens (tertiary/aromatic N) is 2. The van der Waals surface area contributed by atoms with Crippen molar-refractivity contribution in [2.75, 3.05) is 20.6 Å². The maximum atomic E-state index is 12.2. The van der Waals surface area contributed by atoms with Crippen molar-refractivity contribution < 1.29 is 13.3 Å². The van der Waals surface area contributed by atoms with Crippen LogP contribution >= 0.6 is 11.3 Å². The van der Waals surface area contributed by atoms with Crippen LogP contribution in [0.5, 0.6) is 0 Å². The van der Waals surface area contributed by atoms with Crippen molar-refractivity contribution in [2.45, 2.75) is 30.0 Å². The molecule has 1 aromatic rings. The lowest BCUT2D eigenvalue weighted by Gasteiger charge is -2.24. The predicted molar refractivity (Wildman–Crippen MR) is 81.1 cm³/mol. The van der Waals surface area contributed by atoms with Crippen LogP contribution in [0.3, 0.4) is 0 Å². The van der Waals surface area contributed by atoms with Gasteiger partial charge in [0.05, 0.1) is 9.80 Å². The molecule has 1 aromatic heterocycles. The summed E-state index contributed by atoms with van der Waals surface area (Å²) >= 11 is 0.928. The molecular formula is C12H19N3O4S2. The molecule has 0 spiro atoms. The third kappa shape index (κ3) is 3.79. The third-order valence-corrected chi connectivity index (χ3v) is 6.58. The van der Waals surface area contributed by atoms with Gasteiger partial charge < -0.3 is 4.90 Å². The molecule has 1 aliphatic rings. The Morgan fingerprint density at radius 3 is 2.57 bits per heavy atom. The Balaban J connectivity index is 2.11. The second kappa shape index (κ2) is 5.99. The fourth-order valence-electron chi connectivity index (χ4n) is 2.28. The summed E-state index contributed by atoms with van der Waals surface area (Å²) in [5.74, 6) is 0.530. The number of likely N-dealkylation sites (N-methyl/N-ethyl adjacent to an activating group) is 1. The van der Waals surface area contributed by atoms with Crippen molar-refractivity contribution in [3.63, 3.8) is 0 Å². The molecule has 9 heteroatoms. The topological polar surface area (TPSA) is 92.6 Å². The van der Waals surface area contributed by atoms with Gasteiger partial charge in [-0.25, -0.2) is 13.1 Å². The van der Waals surface area contributed by atoms with Crippen LogP contribution in [0.25, 0.3) is 0 Å². The average molecular weight is 333 g/mol. The number of nitro groups is 1. The maximum absolute atomic E-state index is 12.2. The fraction of sp³-hybridized carbons (Fsp3) is 0.667. The molecule has 1 fully saturated rings. The lowest BCUT2D eigenvalue weighted by Crippen LogP contribution is -2.41. The van der Waals surface area contributed by atoms with Crippen LogP contribution in [0, 0.1) is 23.0 Å². The summed E-state index contributed by atoms with van der Waals surface area (Å²) in [6.45, 7) is 1.87. The number of hydrogen-bond acceptors (Lipinski definition) is 6. The largest absolute Gasteiger partial charge is 0.305 e. The van der Waals surface area contributed by atoms with E-state index in [0.29, 0.717) is 17.3 Å². The number of thiophene rings is 1. The van der Waals surface area contributed by atoms with Crippen molar-refractivity contribution in [3.05, 3.63) is 21.1 Å². The minimum Gasteiger partial charge on any atom is -0.305 e. The van der Waals surface area contributed by atoms with E-state index >= 15 is 0 Å². The molecule has 7 nitrogen and oxygen atoms in total. The Bertz CT molecular complexity index is 633. The minimum atomic E-state index is -3.69. The van der Waals surface area contributed by atoms with Gasteiger partial charge in [-0.2, -0.15) is 0 Å². The van der Waals surface area contributed by atoms with E-state index in [0.717, 1.165) is 30.2 Å². The third-order valence-electron chi connectivity index (χ3n) is 3.64. The van der Waals surface area contributed by atoms with E-state index in [1.807, 2.05) is 19.0 Å². The Kier molecular flexibility index (Phi) is 4.66. The molecule has 1 N–H and O–H groups in total. The molecule has 21 heavy (non-hydrogen) atoms. The zero-order valence-electron chi connectivity index (χ0n) is 12.2. The van der Waals surface area contributed by atoms with Crippen LogP contribution in [-0.4, -0.2) is 44.9 Å². The van der Waals surface area contributed by atoms with Crippen molar-refractivity contribution in [1.82, 2.24) is 9.62 Å². The second-order valence-electron chi connectivity index (χ2n) is 5.48. The molecule has 0 bridgehead atoms. The Morgan fingerprint density at radius 2 is 2.14 bits per heavy atom. The SMILES string of the molecule is Cc1sc(S(=O)(=O)NC[C@H](C2CC2)N(C)C)cc1[N+](=O)[O-]. The zero-order valence-corrected chi connectivity index (χ0v) is 13.8. The van der Waals surface area contributed by atoms with Gasteiger partial charge in [0, 0.05) is 18.7 Å². The summed E-state index contributed by atoms with van der Waals surface area (Å²) in [5.41, 5.74) is -0.147. The molecule has 0 aromatic carbocycles. The van der Waals surface area contributed by atoms with Crippen LogP contribution in [0.15, 0.2) is 10.3 Å². The van der Waals surface area contributed by atoms with Crippen molar-refractivity contribution in [1.29, 1.82) is 0 Å². The van der Waals surface area contributed by atoms with Gasteiger partial charge in [-0.1, -0.05) is 0 Å². The molecule has 0 amide bonds. The molecule has 0 saturated heterocycles. The quantitative estimate of drug-likeness (QED) is 0.604. The highest BCUT2D eigenvalue weighted by atomic mass is 32.2. The van der Waals surface area contributed by atoms with Crippen LogP contribution in [0.1, 0.15) is 17.7 Å². The number of rotatable bonds is 7. The van der Waals surface area contributed by atoms with Gasteiger partial charge in [0.1, 0.15) is 4.21 Å². The summed E-state index contributed by atoms with van der Waals surface area (Å²) in [5, 5.41) is 10.8. The molecule has 2 rings (SSSR count). The van der Waals surface area contributed by atoms with Crippen molar-refractivity contribution >= 4 is 27.0 Å². The highest BCUT2D eigenvalue weighted by Gasteiger charge is 2.34. The molecular weight excluding hydrogens is 314 g/mol. The van der Waals surface area contributed by atoms with E-state index in [1.165, 1.54) is 0 Å². The summed E-state index contributed by atoms with van der Waals surface area (Å²) in [6, 6.07) is 1.29. The number of aryl methyl sites for hydroxylation is 1. The molecule has 1 heterocycles. The Morgan fingerprint density at radius 1 is 1.52 bits per heavy atom. The van der Waals surface area contributed by atoms with Crippen molar-refractivity contribution in [3.8, 4) is 0 Å². The molecule has 118 valence electrons. The van der Waals surface area contributed by atoms with Gasteiger partial charge in [-0.3, -0.25) is 10.1 Å². The smallest absolute Gasteiger partial charge is 0.284 e. The van der Waals surface area contributed by atoms with Crippen molar-refractivity contribution in [2.24, 2.45) is 5.92 Å². The first-order valence-corrected chi connectivity index (χ1v) is 8.93. The van der Waals surface area contributed by atoms with Gasteiger partial charge in [0.2, 0.25) is 10.0 Å². The highest BCUT2D eigenvalue weighted by molar-refractivity contribution is 7.91. The van der Waals surface area contributed by atoms with E-state index in [-0.39, 0.29) is 15.9 Å². The first kappa shape index (κ1) is 16.3.